The van der Waals surface area contributed by atoms with Gasteiger partial charge in [-0.25, -0.2) is 0 Å². The van der Waals surface area contributed by atoms with Gasteiger partial charge in [0.2, 0.25) is 0 Å². The highest BCUT2D eigenvalue weighted by molar-refractivity contribution is 8.13. The largest absolute Gasteiger partial charge is 0.400 e. The molecule has 1 N–H and O–H groups in total. The van der Waals surface area contributed by atoms with Gasteiger partial charge in [0.25, 0.3) is 0 Å². The van der Waals surface area contributed by atoms with Crippen LogP contribution in [-0.4, -0.2) is 56.5 Å². The van der Waals surface area contributed by atoms with Gasteiger partial charge in [0, 0.05) is 18.4 Å². The van der Waals surface area contributed by atoms with Crippen LogP contribution in [0.5, 0.6) is 0 Å². The molecule has 0 saturated heterocycles. The fourth-order valence-electron chi connectivity index (χ4n) is 2.12. The third kappa shape index (κ3) is 14.8. The Bertz CT molecular complexity index is 252. The van der Waals surface area contributed by atoms with E-state index in [-0.39, 0.29) is 0 Å². The Hall–Kier alpha value is 0.157. The lowest BCUT2D eigenvalue weighted by molar-refractivity contribution is -0.111. The van der Waals surface area contributed by atoms with Crippen molar-refractivity contribution < 1.29 is 9.90 Å². The summed E-state index contributed by atoms with van der Waals surface area (Å²) in [5.41, 5.74) is 0. The van der Waals surface area contributed by atoms with E-state index in [4.69, 9.17) is 0 Å². The number of carbonyl (C=O) groups excluding carboxylic acids is 1. The second kappa shape index (κ2) is 15.1. The molecule has 0 rings (SSSR count). The summed E-state index contributed by atoms with van der Waals surface area (Å²) < 4.78 is 0. The van der Waals surface area contributed by atoms with E-state index in [1.54, 1.807) is 0 Å². The Morgan fingerprint density at radius 1 is 1.10 bits per heavy atom. The topological polar surface area (TPSA) is 40.5 Å². The summed E-state index contributed by atoms with van der Waals surface area (Å²) in [6.45, 7) is 3.28. The quantitative estimate of drug-likeness (QED) is 0.390. The Labute approximate surface area is 137 Å². The molecule has 0 aromatic heterocycles. The standard InChI is InChI=1S/C16H34NO2SSi/c1-4-5-6-7-8-10-16(19)20-12-9-13-21(15-18)14-11-17(2)3/h18H,4-15H2,1-3H3. The molecule has 0 aliphatic rings. The van der Waals surface area contributed by atoms with Gasteiger partial charge in [-0.2, -0.15) is 0 Å². The van der Waals surface area contributed by atoms with E-state index < -0.39 is 8.80 Å². The van der Waals surface area contributed by atoms with Crippen LogP contribution >= 0.6 is 11.8 Å². The van der Waals surface area contributed by atoms with Crippen LogP contribution in [0.4, 0.5) is 0 Å². The van der Waals surface area contributed by atoms with Crippen LogP contribution in [0.25, 0.3) is 0 Å². The molecule has 1 radical (unpaired) electrons. The lowest BCUT2D eigenvalue weighted by atomic mass is 10.1. The SMILES string of the molecule is CCCCCCCC(=O)SCCC[Si](CO)CCN(C)C. The van der Waals surface area contributed by atoms with Crippen molar-refractivity contribution >= 4 is 25.7 Å². The van der Waals surface area contributed by atoms with Crippen molar-refractivity contribution in [2.45, 2.75) is 64.0 Å². The van der Waals surface area contributed by atoms with Gasteiger partial charge in [-0.3, -0.25) is 4.79 Å². The smallest absolute Gasteiger partial charge is 0.188 e. The number of nitrogens with zero attached hydrogens (tertiary/aromatic N) is 1. The minimum atomic E-state index is -0.614. The molecule has 0 saturated carbocycles. The van der Waals surface area contributed by atoms with Crippen LogP contribution in [0.3, 0.4) is 0 Å². The van der Waals surface area contributed by atoms with Gasteiger partial charge >= 0.3 is 0 Å². The number of unbranched alkanes of at least 4 members (excludes halogenated alkanes) is 4. The summed E-state index contributed by atoms with van der Waals surface area (Å²) in [6.07, 6.45) is 8.26. The lowest BCUT2D eigenvalue weighted by Crippen LogP contribution is -2.25. The zero-order chi connectivity index (χ0) is 15.9. The predicted octanol–water partition coefficient (Wildman–Crippen LogP) is 3.58. The summed E-state index contributed by atoms with van der Waals surface area (Å²) in [5.74, 6) is 0.934. The lowest BCUT2D eigenvalue weighted by Gasteiger charge is -2.15. The van der Waals surface area contributed by atoms with E-state index in [2.05, 4.69) is 25.9 Å². The van der Waals surface area contributed by atoms with E-state index in [0.717, 1.165) is 43.6 Å². The first-order chi connectivity index (χ1) is 10.1. The predicted molar refractivity (Wildman–Crippen MR) is 96.5 cm³/mol. The number of hydrogen-bond donors (Lipinski definition) is 1. The van der Waals surface area contributed by atoms with E-state index in [9.17, 15) is 9.90 Å². The van der Waals surface area contributed by atoms with Crippen LogP contribution in [-0.2, 0) is 4.79 Å². The highest BCUT2D eigenvalue weighted by Gasteiger charge is 2.11. The fourth-order valence-corrected chi connectivity index (χ4v) is 5.19. The Morgan fingerprint density at radius 3 is 2.43 bits per heavy atom. The maximum atomic E-state index is 11.7. The molecule has 0 atom stereocenters. The van der Waals surface area contributed by atoms with Crippen molar-refractivity contribution in [3.8, 4) is 0 Å². The van der Waals surface area contributed by atoms with Gasteiger partial charge in [-0.15, -0.1) is 0 Å². The molecule has 0 unspecified atom stereocenters. The van der Waals surface area contributed by atoms with E-state index in [1.807, 2.05) is 0 Å². The van der Waals surface area contributed by atoms with Gasteiger partial charge in [0.1, 0.15) is 0 Å². The molecule has 0 aliphatic heterocycles. The second-order valence-corrected chi connectivity index (χ2v) is 9.92. The molecule has 0 aromatic carbocycles. The van der Waals surface area contributed by atoms with Crippen LogP contribution in [0, 0.1) is 0 Å². The fraction of sp³-hybridized carbons (Fsp3) is 0.938. The van der Waals surface area contributed by atoms with Gasteiger partial charge < -0.3 is 10.0 Å². The molecule has 0 bridgehead atoms. The number of rotatable bonds is 14. The average molecular weight is 333 g/mol. The van der Waals surface area contributed by atoms with Crippen molar-refractivity contribution in [2.75, 3.05) is 32.6 Å². The molecule has 0 fully saturated rings. The monoisotopic (exact) mass is 332 g/mol. The number of aliphatic hydroxyl groups is 1. The van der Waals surface area contributed by atoms with Gasteiger partial charge in [0.15, 0.2) is 5.12 Å². The third-order valence-corrected chi connectivity index (χ3v) is 7.02. The number of aliphatic hydroxyl groups excluding tert-OH is 1. The first-order valence-electron chi connectivity index (χ1n) is 8.35. The maximum Gasteiger partial charge on any atom is 0.188 e. The summed E-state index contributed by atoms with van der Waals surface area (Å²) in [6, 6.07) is 2.27. The average Bonchev–Trinajstić information content (AvgIpc) is 2.46. The molecule has 0 aromatic rings. The van der Waals surface area contributed by atoms with Crippen molar-refractivity contribution in [3.63, 3.8) is 0 Å². The molecular formula is C16H34NO2SSi. The molecule has 0 heterocycles. The Kier molecular flexibility index (Phi) is 15.2. The number of thioether (sulfide) groups is 1. The molecule has 3 nitrogen and oxygen atoms in total. The summed E-state index contributed by atoms with van der Waals surface area (Å²) >= 11 is 1.50. The second-order valence-electron chi connectivity index (χ2n) is 5.95. The maximum absolute atomic E-state index is 11.7. The Balaban J connectivity index is 3.48. The first kappa shape index (κ1) is 21.2. The van der Waals surface area contributed by atoms with E-state index in [0.29, 0.717) is 11.3 Å². The normalized spacial score (nSPS) is 11.5. The van der Waals surface area contributed by atoms with E-state index >= 15 is 0 Å². The number of carbonyl (C=O) groups is 1. The summed E-state index contributed by atoms with van der Waals surface area (Å²) in [7, 11) is 3.54. The van der Waals surface area contributed by atoms with Crippen molar-refractivity contribution in [1.29, 1.82) is 0 Å². The van der Waals surface area contributed by atoms with Crippen LogP contribution in [0.15, 0.2) is 0 Å². The van der Waals surface area contributed by atoms with Crippen LogP contribution < -0.4 is 0 Å². The number of hydrogen-bond acceptors (Lipinski definition) is 4. The molecular weight excluding hydrogens is 298 g/mol. The molecule has 5 heteroatoms. The highest BCUT2D eigenvalue weighted by Crippen LogP contribution is 2.14. The van der Waals surface area contributed by atoms with Crippen molar-refractivity contribution in [2.24, 2.45) is 0 Å². The van der Waals surface area contributed by atoms with E-state index in [1.165, 1.54) is 37.4 Å². The Morgan fingerprint density at radius 2 is 1.81 bits per heavy atom. The van der Waals surface area contributed by atoms with Crippen LogP contribution in [0.2, 0.25) is 12.1 Å². The molecule has 125 valence electrons. The highest BCUT2D eigenvalue weighted by atomic mass is 32.2. The van der Waals surface area contributed by atoms with Crippen molar-refractivity contribution in [3.05, 3.63) is 0 Å². The molecule has 0 amide bonds. The zero-order valence-electron chi connectivity index (χ0n) is 14.2. The molecule has 0 spiro atoms. The van der Waals surface area contributed by atoms with Gasteiger partial charge in [0.05, 0.1) is 8.80 Å². The summed E-state index contributed by atoms with van der Waals surface area (Å²) in [4.78, 5) is 13.9. The molecule has 21 heavy (non-hydrogen) atoms. The third-order valence-electron chi connectivity index (χ3n) is 3.56. The first-order valence-corrected chi connectivity index (χ1v) is 11.5. The zero-order valence-corrected chi connectivity index (χ0v) is 16.0. The van der Waals surface area contributed by atoms with Crippen molar-refractivity contribution in [1.82, 2.24) is 4.90 Å². The minimum Gasteiger partial charge on any atom is -0.400 e. The van der Waals surface area contributed by atoms with Gasteiger partial charge in [-0.05, 0) is 39.5 Å². The van der Waals surface area contributed by atoms with Gasteiger partial charge in [-0.1, -0.05) is 50.4 Å². The summed E-state index contributed by atoms with van der Waals surface area (Å²) in [5, 5.41) is 9.75. The van der Waals surface area contributed by atoms with Crippen LogP contribution in [0.1, 0.15) is 51.9 Å². The molecule has 0 aliphatic carbocycles. The minimum absolute atomic E-state index is 0.359.